The Morgan fingerprint density at radius 1 is 1.27 bits per heavy atom. The molecular formula is C13H26N2. The summed E-state index contributed by atoms with van der Waals surface area (Å²) in [5, 5.41) is 0. The Labute approximate surface area is 94.2 Å². The summed E-state index contributed by atoms with van der Waals surface area (Å²) in [5.74, 6) is 1.76. The Bertz CT molecular complexity index is 213. The highest BCUT2D eigenvalue weighted by Crippen LogP contribution is 2.39. The molecule has 0 aromatic rings. The fourth-order valence-electron chi connectivity index (χ4n) is 3.29. The van der Waals surface area contributed by atoms with E-state index in [1.54, 1.807) is 0 Å². The molecule has 0 amide bonds. The van der Waals surface area contributed by atoms with Crippen molar-refractivity contribution in [1.82, 2.24) is 4.90 Å². The third-order valence-corrected chi connectivity index (χ3v) is 4.76. The minimum atomic E-state index is 0.320. The monoisotopic (exact) mass is 210 g/mol. The van der Waals surface area contributed by atoms with Crippen LogP contribution in [0.5, 0.6) is 0 Å². The Balaban J connectivity index is 2.02. The molecule has 88 valence electrons. The van der Waals surface area contributed by atoms with Crippen LogP contribution in [-0.2, 0) is 0 Å². The molecule has 2 nitrogen and oxygen atoms in total. The van der Waals surface area contributed by atoms with Crippen molar-refractivity contribution in [2.75, 3.05) is 20.1 Å². The Hall–Kier alpha value is -0.0800. The molecule has 2 rings (SSSR count). The van der Waals surface area contributed by atoms with Gasteiger partial charge in [-0.3, -0.25) is 4.90 Å². The van der Waals surface area contributed by atoms with Gasteiger partial charge in [-0.15, -0.1) is 0 Å². The van der Waals surface area contributed by atoms with E-state index in [1.807, 2.05) is 0 Å². The number of hydrogen-bond acceptors (Lipinski definition) is 2. The maximum absolute atomic E-state index is 6.08. The third kappa shape index (κ3) is 2.21. The van der Waals surface area contributed by atoms with Crippen LogP contribution in [0.1, 0.15) is 45.4 Å². The number of hydrogen-bond donors (Lipinski definition) is 1. The van der Waals surface area contributed by atoms with Crippen LogP contribution in [-0.4, -0.2) is 30.6 Å². The normalized spacial score (nSPS) is 37.2. The first-order chi connectivity index (χ1) is 7.19. The highest BCUT2D eigenvalue weighted by atomic mass is 15.2. The van der Waals surface area contributed by atoms with Crippen LogP contribution in [0.15, 0.2) is 0 Å². The van der Waals surface area contributed by atoms with Gasteiger partial charge >= 0.3 is 0 Å². The van der Waals surface area contributed by atoms with Gasteiger partial charge in [0.1, 0.15) is 0 Å². The average molecular weight is 210 g/mol. The highest BCUT2D eigenvalue weighted by molar-refractivity contribution is 4.98. The van der Waals surface area contributed by atoms with Crippen molar-refractivity contribution in [2.24, 2.45) is 17.6 Å². The fraction of sp³-hybridized carbons (Fsp3) is 1.00. The van der Waals surface area contributed by atoms with Crippen LogP contribution >= 0.6 is 0 Å². The molecule has 0 heterocycles. The van der Waals surface area contributed by atoms with E-state index in [0.717, 1.165) is 18.4 Å². The van der Waals surface area contributed by atoms with Crippen LogP contribution < -0.4 is 5.73 Å². The average Bonchev–Trinajstić information content (AvgIpc) is 3.02. The van der Waals surface area contributed by atoms with E-state index in [2.05, 4.69) is 18.9 Å². The Kier molecular flexibility index (Phi) is 3.36. The number of nitrogens with two attached hydrogens (primary N) is 1. The standard InChI is InChI=1S/C13H26N2/c1-11-5-3-4-8-13(11,10-14)15(2)9-12-6-7-12/h11-12H,3-10,14H2,1-2H3. The Morgan fingerprint density at radius 3 is 2.53 bits per heavy atom. The molecule has 0 bridgehead atoms. The van der Waals surface area contributed by atoms with Crippen molar-refractivity contribution in [3.8, 4) is 0 Å². The number of nitrogens with zero attached hydrogens (tertiary/aromatic N) is 1. The molecule has 2 heteroatoms. The lowest BCUT2D eigenvalue weighted by Crippen LogP contribution is -2.58. The summed E-state index contributed by atoms with van der Waals surface area (Å²) in [4.78, 5) is 2.59. The number of rotatable bonds is 4. The van der Waals surface area contributed by atoms with E-state index >= 15 is 0 Å². The van der Waals surface area contributed by atoms with Crippen molar-refractivity contribution in [1.29, 1.82) is 0 Å². The van der Waals surface area contributed by atoms with E-state index < -0.39 is 0 Å². The van der Waals surface area contributed by atoms with Crippen LogP contribution in [0, 0.1) is 11.8 Å². The molecular weight excluding hydrogens is 184 g/mol. The highest BCUT2D eigenvalue weighted by Gasteiger charge is 2.41. The zero-order chi connectivity index (χ0) is 10.9. The molecule has 2 N–H and O–H groups in total. The molecule has 0 aromatic heterocycles. The van der Waals surface area contributed by atoms with Gasteiger partial charge in [-0.2, -0.15) is 0 Å². The first-order valence-corrected chi connectivity index (χ1v) is 6.60. The van der Waals surface area contributed by atoms with Gasteiger partial charge in [-0.1, -0.05) is 19.8 Å². The lowest BCUT2D eigenvalue weighted by atomic mass is 9.72. The molecule has 2 aliphatic rings. The van der Waals surface area contributed by atoms with Crippen molar-refractivity contribution in [3.05, 3.63) is 0 Å². The van der Waals surface area contributed by atoms with Gasteiger partial charge in [0.05, 0.1) is 0 Å². The maximum atomic E-state index is 6.08. The quantitative estimate of drug-likeness (QED) is 0.771. The summed E-state index contributed by atoms with van der Waals surface area (Å²) in [7, 11) is 2.30. The second kappa shape index (κ2) is 4.42. The van der Waals surface area contributed by atoms with E-state index in [1.165, 1.54) is 45.1 Å². The molecule has 0 aliphatic heterocycles. The molecule has 2 fully saturated rings. The third-order valence-electron chi connectivity index (χ3n) is 4.76. The fourth-order valence-corrected chi connectivity index (χ4v) is 3.29. The van der Waals surface area contributed by atoms with Crippen molar-refractivity contribution in [3.63, 3.8) is 0 Å². The van der Waals surface area contributed by atoms with Crippen LogP contribution in [0.3, 0.4) is 0 Å². The molecule has 15 heavy (non-hydrogen) atoms. The van der Waals surface area contributed by atoms with Crippen molar-refractivity contribution in [2.45, 2.75) is 51.0 Å². The first-order valence-electron chi connectivity index (χ1n) is 6.60. The molecule has 2 saturated carbocycles. The molecule has 0 radical (unpaired) electrons. The lowest BCUT2D eigenvalue weighted by Gasteiger charge is -2.48. The summed E-state index contributed by atoms with van der Waals surface area (Å²) in [6.07, 6.45) is 8.34. The molecule has 2 aliphatic carbocycles. The van der Waals surface area contributed by atoms with Gasteiger partial charge in [-0.05, 0) is 44.6 Å². The molecule has 2 atom stereocenters. The van der Waals surface area contributed by atoms with Crippen molar-refractivity contribution >= 4 is 0 Å². The van der Waals surface area contributed by atoms with Gasteiger partial charge in [0.2, 0.25) is 0 Å². The summed E-state index contributed by atoms with van der Waals surface area (Å²) < 4.78 is 0. The van der Waals surface area contributed by atoms with Gasteiger partial charge in [0.15, 0.2) is 0 Å². The van der Waals surface area contributed by atoms with Crippen LogP contribution in [0.2, 0.25) is 0 Å². The smallest absolute Gasteiger partial charge is 0.0354 e. The summed E-state index contributed by atoms with van der Waals surface area (Å²) in [6.45, 7) is 4.52. The lowest BCUT2D eigenvalue weighted by molar-refractivity contribution is 0.0305. The molecule has 0 aromatic carbocycles. The summed E-state index contributed by atoms with van der Waals surface area (Å²) in [6, 6.07) is 0. The molecule has 0 saturated heterocycles. The van der Waals surface area contributed by atoms with E-state index in [9.17, 15) is 0 Å². The second-order valence-corrected chi connectivity index (χ2v) is 5.78. The SMILES string of the molecule is CC1CCCCC1(CN)N(C)CC1CC1. The molecule has 0 spiro atoms. The van der Waals surface area contributed by atoms with Gasteiger partial charge < -0.3 is 5.73 Å². The zero-order valence-corrected chi connectivity index (χ0v) is 10.3. The molecule has 2 unspecified atom stereocenters. The van der Waals surface area contributed by atoms with E-state index in [0.29, 0.717) is 5.54 Å². The number of likely N-dealkylation sites (N-methyl/N-ethyl adjacent to an activating group) is 1. The van der Waals surface area contributed by atoms with E-state index in [4.69, 9.17) is 5.73 Å². The predicted molar refractivity (Wildman–Crippen MR) is 64.8 cm³/mol. The minimum Gasteiger partial charge on any atom is -0.329 e. The Morgan fingerprint density at radius 2 is 2.00 bits per heavy atom. The topological polar surface area (TPSA) is 29.3 Å². The summed E-state index contributed by atoms with van der Waals surface area (Å²) in [5.41, 5.74) is 6.40. The zero-order valence-electron chi connectivity index (χ0n) is 10.3. The minimum absolute atomic E-state index is 0.320. The van der Waals surface area contributed by atoms with Gasteiger partial charge in [-0.25, -0.2) is 0 Å². The van der Waals surface area contributed by atoms with Crippen LogP contribution in [0.25, 0.3) is 0 Å². The maximum Gasteiger partial charge on any atom is 0.0354 e. The van der Waals surface area contributed by atoms with Gasteiger partial charge in [0.25, 0.3) is 0 Å². The largest absolute Gasteiger partial charge is 0.329 e. The first kappa shape index (κ1) is 11.4. The summed E-state index contributed by atoms with van der Waals surface area (Å²) >= 11 is 0. The van der Waals surface area contributed by atoms with E-state index in [-0.39, 0.29) is 0 Å². The van der Waals surface area contributed by atoms with Crippen LogP contribution in [0.4, 0.5) is 0 Å². The van der Waals surface area contributed by atoms with Crippen molar-refractivity contribution < 1.29 is 0 Å². The van der Waals surface area contributed by atoms with Gasteiger partial charge in [0, 0.05) is 18.6 Å². The second-order valence-electron chi connectivity index (χ2n) is 5.78. The predicted octanol–water partition coefficient (Wildman–Crippen LogP) is 2.24.